The molecule has 3 nitrogen and oxygen atoms in total. The zero-order valence-corrected chi connectivity index (χ0v) is 10.4. The van der Waals surface area contributed by atoms with Crippen molar-refractivity contribution >= 4 is 0 Å². The quantitative estimate of drug-likeness (QED) is 0.860. The molecule has 98 valence electrons. The minimum Gasteiger partial charge on any atom is -0.505 e. The molecule has 1 saturated heterocycles. The maximum atomic E-state index is 13.5. The minimum absolute atomic E-state index is 0.159. The van der Waals surface area contributed by atoms with Crippen LogP contribution in [0.2, 0.25) is 0 Å². The summed E-state index contributed by atoms with van der Waals surface area (Å²) in [5.41, 5.74) is 0.763. The van der Waals surface area contributed by atoms with Crippen LogP contribution in [0.1, 0.15) is 24.4 Å². The van der Waals surface area contributed by atoms with E-state index >= 15 is 0 Å². The Hall–Kier alpha value is -1.13. The number of aromatic hydroxyl groups is 1. The molecule has 1 saturated carbocycles. The number of nitrogens with one attached hydrogen (secondary N) is 1. The van der Waals surface area contributed by atoms with Crippen molar-refractivity contribution in [2.75, 3.05) is 26.2 Å². The van der Waals surface area contributed by atoms with Crippen molar-refractivity contribution in [1.82, 2.24) is 10.2 Å². The van der Waals surface area contributed by atoms with Gasteiger partial charge in [-0.1, -0.05) is 12.1 Å². The minimum atomic E-state index is -0.506. The SMILES string of the molecule is Oc1c(F)cccc1[C@@H](C1CC1)N1CCNCC1. The van der Waals surface area contributed by atoms with Gasteiger partial charge in [0.25, 0.3) is 0 Å². The lowest BCUT2D eigenvalue weighted by Gasteiger charge is -2.35. The van der Waals surface area contributed by atoms with Crippen LogP contribution in [-0.4, -0.2) is 36.2 Å². The smallest absolute Gasteiger partial charge is 0.165 e. The monoisotopic (exact) mass is 250 g/mol. The largest absolute Gasteiger partial charge is 0.505 e. The van der Waals surface area contributed by atoms with E-state index in [0.717, 1.165) is 31.7 Å². The van der Waals surface area contributed by atoms with Gasteiger partial charge in [0, 0.05) is 37.8 Å². The van der Waals surface area contributed by atoms with E-state index in [0.29, 0.717) is 5.92 Å². The van der Waals surface area contributed by atoms with Crippen molar-refractivity contribution in [2.24, 2.45) is 5.92 Å². The summed E-state index contributed by atoms with van der Waals surface area (Å²) in [6.07, 6.45) is 2.37. The van der Waals surface area contributed by atoms with Crippen molar-refractivity contribution in [3.05, 3.63) is 29.6 Å². The van der Waals surface area contributed by atoms with E-state index in [1.165, 1.54) is 18.9 Å². The van der Waals surface area contributed by atoms with Crippen molar-refractivity contribution in [3.63, 3.8) is 0 Å². The van der Waals surface area contributed by atoms with Gasteiger partial charge in [-0.05, 0) is 24.8 Å². The molecule has 18 heavy (non-hydrogen) atoms. The van der Waals surface area contributed by atoms with Crippen molar-refractivity contribution in [2.45, 2.75) is 18.9 Å². The summed E-state index contributed by atoms with van der Waals surface area (Å²) >= 11 is 0. The number of nitrogens with zero attached hydrogens (tertiary/aromatic N) is 1. The summed E-state index contributed by atoms with van der Waals surface area (Å²) in [6.45, 7) is 3.88. The van der Waals surface area contributed by atoms with Gasteiger partial charge in [-0.15, -0.1) is 0 Å². The molecule has 0 radical (unpaired) electrons. The Morgan fingerprint density at radius 1 is 1.28 bits per heavy atom. The number of para-hydroxylation sites is 1. The number of phenolic OH excluding ortho intramolecular Hbond substituents is 1. The van der Waals surface area contributed by atoms with Crippen LogP contribution in [-0.2, 0) is 0 Å². The molecule has 2 fully saturated rings. The van der Waals surface area contributed by atoms with Crippen LogP contribution >= 0.6 is 0 Å². The number of benzene rings is 1. The average molecular weight is 250 g/mol. The first-order chi connectivity index (χ1) is 8.77. The lowest BCUT2D eigenvalue weighted by Crippen LogP contribution is -2.45. The molecule has 0 unspecified atom stereocenters. The first-order valence-corrected chi connectivity index (χ1v) is 6.69. The molecule has 4 heteroatoms. The van der Waals surface area contributed by atoms with Gasteiger partial charge < -0.3 is 10.4 Å². The molecular formula is C14H19FN2O. The van der Waals surface area contributed by atoms with Gasteiger partial charge >= 0.3 is 0 Å². The molecule has 0 aromatic heterocycles. The van der Waals surface area contributed by atoms with Crippen LogP contribution in [0.25, 0.3) is 0 Å². The van der Waals surface area contributed by atoms with Gasteiger partial charge in [0.05, 0.1) is 0 Å². The Bertz CT molecular complexity index is 428. The standard InChI is InChI=1S/C14H19FN2O/c15-12-3-1-2-11(14(12)18)13(10-4-5-10)17-8-6-16-7-9-17/h1-3,10,13,16,18H,4-9H2/t13-/m1/s1. The highest BCUT2D eigenvalue weighted by Crippen LogP contribution is 2.47. The van der Waals surface area contributed by atoms with Crippen molar-refractivity contribution in [3.8, 4) is 5.75 Å². The summed E-state index contributed by atoms with van der Waals surface area (Å²) < 4.78 is 13.5. The lowest BCUT2D eigenvalue weighted by molar-refractivity contribution is 0.153. The third kappa shape index (κ3) is 2.22. The molecule has 3 rings (SSSR count). The topological polar surface area (TPSA) is 35.5 Å². The fourth-order valence-corrected chi connectivity index (χ4v) is 2.89. The molecular weight excluding hydrogens is 231 g/mol. The molecule has 0 bridgehead atoms. The highest BCUT2D eigenvalue weighted by molar-refractivity contribution is 5.37. The van der Waals surface area contributed by atoms with Crippen LogP contribution in [0.15, 0.2) is 18.2 Å². The molecule has 1 aromatic rings. The lowest BCUT2D eigenvalue weighted by atomic mass is 9.98. The first kappa shape index (κ1) is 11.9. The third-order valence-electron chi connectivity index (χ3n) is 3.95. The molecule has 2 N–H and O–H groups in total. The molecule has 0 amide bonds. The van der Waals surface area contributed by atoms with E-state index in [2.05, 4.69) is 10.2 Å². The second-order valence-corrected chi connectivity index (χ2v) is 5.25. The summed E-state index contributed by atoms with van der Waals surface area (Å²) in [6, 6.07) is 5.06. The fraction of sp³-hybridized carbons (Fsp3) is 0.571. The molecule has 1 aliphatic carbocycles. The van der Waals surface area contributed by atoms with Gasteiger partial charge in [-0.2, -0.15) is 0 Å². The fourth-order valence-electron chi connectivity index (χ4n) is 2.89. The maximum Gasteiger partial charge on any atom is 0.165 e. The second-order valence-electron chi connectivity index (χ2n) is 5.25. The van der Waals surface area contributed by atoms with Crippen LogP contribution in [0.3, 0.4) is 0 Å². The van der Waals surface area contributed by atoms with Gasteiger partial charge in [0.15, 0.2) is 11.6 Å². The van der Waals surface area contributed by atoms with Crippen LogP contribution in [0.5, 0.6) is 5.75 Å². The van der Waals surface area contributed by atoms with Crippen molar-refractivity contribution < 1.29 is 9.50 Å². The van der Waals surface area contributed by atoms with Gasteiger partial charge in [-0.25, -0.2) is 4.39 Å². The number of hydrogen-bond acceptors (Lipinski definition) is 3. The average Bonchev–Trinajstić information content (AvgIpc) is 3.21. The maximum absolute atomic E-state index is 13.5. The summed E-state index contributed by atoms with van der Waals surface area (Å²) in [5.74, 6) is -0.0861. The zero-order chi connectivity index (χ0) is 12.5. The summed E-state index contributed by atoms with van der Waals surface area (Å²) in [4.78, 5) is 2.38. The van der Waals surface area contributed by atoms with Crippen LogP contribution in [0, 0.1) is 11.7 Å². The van der Waals surface area contributed by atoms with Crippen LogP contribution in [0.4, 0.5) is 4.39 Å². The number of phenols is 1. The molecule has 1 aromatic carbocycles. The third-order valence-corrected chi connectivity index (χ3v) is 3.95. The molecule has 1 atom stereocenters. The Labute approximate surface area is 107 Å². The molecule has 2 aliphatic rings. The normalized spacial score (nSPS) is 22.9. The Morgan fingerprint density at radius 3 is 2.67 bits per heavy atom. The molecule has 1 aliphatic heterocycles. The highest BCUT2D eigenvalue weighted by atomic mass is 19.1. The predicted octanol–water partition coefficient (Wildman–Crippen LogP) is 1.89. The van der Waals surface area contributed by atoms with E-state index in [9.17, 15) is 9.50 Å². The van der Waals surface area contributed by atoms with E-state index in [1.54, 1.807) is 6.07 Å². The zero-order valence-electron chi connectivity index (χ0n) is 10.4. The highest BCUT2D eigenvalue weighted by Gasteiger charge is 2.38. The molecule has 0 spiro atoms. The summed E-state index contributed by atoms with van der Waals surface area (Å²) in [7, 11) is 0. The van der Waals surface area contributed by atoms with Gasteiger partial charge in [0.2, 0.25) is 0 Å². The van der Waals surface area contributed by atoms with E-state index in [1.807, 2.05) is 6.07 Å². The number of piperazine rings is 1. The Morgan fingerprint density at radius 2 is 2.00 bits per heavy atom. The summed E-state index contributed by atoms with van der Waals surface area (Å²) in [5, 5.41) is 13.3. The van der Waals surface area contributed by atoms with Gasteiger partial charge in [-0.3, -0.25) is 4.90 Å². The van der Waals surface area contributed by atoms with E-state index in [-0.39, 0.29) is 11.8 Å². The second kappa shape index (κ2) is 4.86. The Kier molecular flexibility index (Phi) is 3.22. The first-order valence-electron chi connectivity index (χ1n) is 6.69. The van der Waals surface area contributed by atoms with Gasteiger partial charge in [0.1, 0.15) is 0 Å². The van der Waals surface area contributed by atoms with E-state index < -0.39 is 5.82 Å². The van der Waals surface area contributed by atoms with E-state index in [4.69, 9.17) is 0 Å². The molecule has 1 heterocycles. The van der Waals surface area contributed by atoms with Crippen LogP contribution < -0.4 is 5.32 Å². The van der Waals surface area contributed by atoms with Crippen molar-refractivity contribution in [1.29, 1.82) is 0 Å². The predicted molar refractivity (Wildman–Crippen MR) is 68.0 cm³/mol. The number of hydrogen-bond donors (Lipinski definition) is 2. The number of rotatable bonds is 3. The number of halogens is 1. The Balaban J connectivity index is 1.90.